The van der Waals surface area contributed by atoms with Crippen LogP contribution >= 0.6 is 0 Å². The number of carboxylic acid groups (broad SMARTS) is 1. The molecular weight excluding hydrogens is 345 g/mol. The molecule has 2 N–H and O–H groups in total. The average Bonchev–Trinajstić information content (AvgIpc) is 2.52. The second-order valence-electron chi connectivity index (χ2n) is 5.41. The molecule has 0 aromatic heterocycles. The number of anilines is 1. The van der Waals surface area contributed by atoms with Crippen LogP contribution < -0.4 is 5.32 Å². The van der Waals surface area contributed by atoms with Crippen molar-refractivity contribution in [1.29, 1.82) is 0 Å². The fraction of sp³-hybridized carbons (Fsp3) is 0.400. The van der Waals surface area contributed by atoms with E-state index in [9.17, 15) is 27.6 Å². The zero-order valence-corrected chi connectivity index (χ0v) is 13.1. The van der Waals surface area contributed by atoms with Gasteiger partial charge in [0.25, 0.3) is 5.91 Å². The molecule has 136 valence electrons. The molecule has 1 aliphatic heterocycles. The highest BCUT2D eigenvalue weighted by molar-refractivity contribution is 5.99. The van der Waals surface area contributed by atoms with Crippen molar-refractivity contribution in [3.8, 4) is 0 Å². The first-order valence-corrected chi connectivity index (χ1v) is 7.21. The Hall–Kier alpha value is -2.62. The van der Waals surface area contributed by atoms with Gasteiger partial charge in [-0.15, -0.1) is 0 Å². The number of rotatable bonds is 3. The van der Waals surface area contributed by atoms with Gasteiger partial charge in [0.15, 0.2) is 6.04 Å². The Morgan fingerprint density at radius 2 is 1.96 bits per heavy atom. The highest BCUT2D eigenvalue weighted by Gasteiger charge is 2.36. The zero-order valence-electron chi connectivity index (χ0n) is 13.1. The Morgan fingerprint density at radius 3 is 2.52 bits per heavy atom. The summed E-state index contributed by atoms with van der Waals surface area (Å²) in [5.41, 5.74) is -1.69. The number of amides is 2. The third-order valence-electron chi connectivity index (χ3n) is 3.50. The summed E-state index contributed by atoms with van der Waals surface area (Å²) in [7, 11) is 0. The van der Waals surface area contributed by atoms with Gasteiger partial charge in [-0.25, -0.2) is 4.79 Å². The third-order valence-corrected chi connectivity index (χ3v) is 3.50. The van der Waals surface area contributed by atoms with Crippen molar-refractivity contribution < 1.29 is 37.4 Å². The summed E-state index contributed by atoms with van der Waals surface area (Å²) in [4.78, 5) is 35.8. The van der Waals surface area contributed by atoms with Crippen LogP contribution in [0.4, 0.5) is 18.9 Å². The lowest BCUT2D eigenvalue weighted by Gasteiger charge is -2.33. The van der Waals surface area contributed by atoms with Crippen molar-refractivity contribution in [3.63, 3.8) is 0 Å². The maximum absolute atomic E-state index is 13.0. The molecule has 1 atom stereocenters. The monoisotopic (exact) mass is 360 g/mol. The van der Waals surface area contributed by atoms with Crippen molar-refractivity contribution in [1.82, 2.24) is 4.90 Å². The third kappa shape index (κ3) is 4.47. The molecule has 0 spiro atoms. The Labute approximate surface area is 140 Å². The minimum absolute atomic E-state index is 0.0679. The van der Waals surface area contributed by atoms with E-state index in [1.54, 1.807) is 0 Å². The molecule has 0 bridgehead atoms. The summed E-state index contributed by atoms with van der Waals surface area (Å²) in [6.45, 7) is 0.872. The Morgan fingerprint density at radius 1 is 1.28 bits per heavy atom. The number of ether oxygens (including phenoxy) is 1. The fourth-order valence-electron chi connectivity index (χ4n) is 2.41. The van der Waals surface area contributed by atoms with Gasteiger partial charge in [0.1, 0.15) is 0 Å². The molecule has 1 aromatic rings. The van der Waals surface area contributed by atoms with E-state index in [1.807, 2.05) is 0 Å². The SMILES string of the molecule is CC(=O)Nc1cc(C(=O)N2CCOCC2C(=O)O)cc(C(F)(F)F)c1. The maximum Gasteiger partial charge on any atom is 0.416 e. The molecular formula is C15H15F3N2O5. The van der Waals surface area contributed by atoms with Crippen molar-refractivity contribution in [3.05, 3.63) is 29.3 Å². The first-order chi connectivity index (χ1) is 11.6. The number of morpholine rings is 1. The van der Waals surface area contributed by atoms with Crippen LogP contribution in [0.3, 0.4) is 0 Å². The molecule has 1 aromatic carbocycles. The lowest BCUT2D eigenvalue weighted by atomic mass is 10.1. The second kappa shape index (κ2) is 7.09. The van der Waals surface area contributed by atoms with Gasteiger partial charge < -0.3 is 20.1 Å². The van der Waals surface area contributed by atoms with Gasteiger partial charge in [-0.3, -0.25) is 9.59 Å². The first kappa shape index (κ1) is 18.7. The average molecular weight is 360 g/mol. The molecule has 2 amide bonds. The Bertz CT molecular complexity index is 705. The number of hydrogen-bond acceptors (Lipinski definition) is 4. The molecule has 0 radical (unpaired) electrons. The van der Waals surface area contributed by atoms with Crippen LogP contribution in [-0.4, -0.2) is 53.6 Å². The van der Waals surface area contributed by atoms with Gasteiger partial charge >= 0.3 is 12.1 Å². The van der Waals surface area contributed by atoms with Crippen LogP contribution in [0.5, 0.6) is 0 Å². The van der Waals surface area contributed by atoms with E-state index in [-0.39, 0.29) is 31.0 Å². The number of aliphatic carboxylic acids is 1. The summed E-state index contributed by atoms with van der Waals surface area (Å²) in [6, 6.07) is 1.11. The van der Waals surface area contributed by atoms with E-state index in [0.29, 0.717) is 12.1 Å². The number of carbonyl (C=O) groups is 3. The van der Waals surface area contributed by atoms with E-state index in [0.717, 1.165) is 17.9 Å². The van der Waals surface area contributed by atoms with E-state index in [2.05, 4.69) is 5.32 Å². The second-order valence-corrected chi connectivity index (χ2v) is 5.41. The number of carbonyl (C=O) groups excluding carboxylic acids is 2. The number of halogens is 3. The highest BCUT2D eigenvalue weighted by Crippen LogP contribution is 2.32. The zero-order chi connectivity index (χ0) is 18.8. The van der Waals surface area contributed by atoms with Crippen LogP contribution in [-0.2, 0) is 20.5 Å². The summed E-state index contributed by atoms with van der Waals surface area (Å²) >= 11 is 0. The molecule has 0 aliphatic carbocycles. The van der Waals surface area contributed by atoms with Crippen LogP contribution in [0.2, 0.25) is 0 Å². The molecule has 0 saturated carbocycles. The lowest BCUT2D eigenvalue weighted by Crippen LogP contribution is -2.52. The van der Waals surface area contributed by atoms with Gasteiger partial charge in [-0.05, 0) is 18.2 Å². The van der Waals surface area contributed by atoms with Crippen molar-refractivity contribution >= 4 is 23.5 Å². The predicted molar refractivity (Wildman–Crippen MR) is 79.0 cm³/mol. The Balaban J connectivity index is 2.43. The molecule has 2 rings (SSSR count). The van der Waals surface area contributed by atoms with Gasteiger partial charge in [-0.2, -0.15) is 13.2 Å². The molecule has 1 saturated heterocycles. The summed E-state index contributed by atoms with van der Waals surface area (Å²) in [5.74, 6) is -2.80. The van der Waals surface area contributed by atoms with Gasteiger partial charge in [0.05, 0.1) is 18.8 Å². The van der Waals surface area contributed by atoms with E-state index in [1.165, 1.54) is 0 Å². The van der Waals surface area contributed by atoms with Gasteiger partial charge in [-0.1, -0.05) is 0 Å². The van der Waals surface area contributed by atoms with Gasteiger partial charge in [0, 0.05) is 24.7 Å². The number of hydrogen-bond donors (Lipinski definition) is 2. The number of nitrogens with one attached hydrogen (secondary N) is 1. The van der Waals surface area contributed by atoms with E-state index in [4.69, 9.17) is 9.84 Å². The Kier molecular flexibility index (Phi) is 5.31. The van der Waals surface area contributed by atoms with Crippen LogP contribution in [0.15, 0.2) is 18.2 Å². The molecule has 10 heteroatoms. The minimum atomic E-state index is -4.74. The topological polar surface area (TPSA) is 95.9 Å². The van der Waals surface area contributed by atoms with E-state index < -0.39 is 35.6 Å². The smallest absolute Gasteiger partial charge is 0.416 e. The normalized spacial score (nSPS) is 17.9. The summed E-state index contributed by atoms with van der Waals surface area (Å²) in [5, 5.41) is 11.3. The van der Waals surface area contributed by atoms with Crippen molar-refractivity contribution in [2.24, 2.45) is 0 Å². The summed E-state index contributed by atoms with van der Waals surface area (Å²) in [6.07, 6.45) is -4.74. The largest absolute Gasteiger partial charge is 0.480 e. The minimum Gasteiger partial charge on any atom is -0.480 e. The standard InChI is InChI=1S/C15H15F3N2O5/c1-8(21)19-11-5-9(4-10(6-11)15(16,17)18)13(22)20-2-3-25-7-12(20)14(23)24/h4-6,12H,2-3,7H2,1H3,(H,19,21)(H,23,24). The predicted octanol–water partition coefficient (Wildman–Crippen LogP) is 1.59. The molecule has 1 unspecified atom stereocenters. The van der Waals surface area contributed by atoms with Crippen molar-refractivity contribution in [2.75, 3.05) is 25.1 Å². The van der Waals surface area contributed by atoms with Crippen LogP contribution in [0, 0.1) is 0 Å². The van der Waals surface area contributed by atoms with Crippen LogP contribution in [0.25, 0.3) is 0 Å². The molecule has 1 heterocycles. The molecule has 1 aliphatic rings. The van der Waals surface area contributed by atoms with Crippen LogP contribution in [0.1, 0.15) is 22.8 Å². The molecule has 1 fully saturated rings. The highest BCUT2D eigenvalue weighted by atomic mass is 19.4. The van der Waals surface area contributed by atoms with Gasteiger partial charge in [0.2, 0.25) is 5.91 Å². The number of alkyl halides is 3. The number of benzene rings is 1. The fourth-order valence-corrected chi connectivity index (χ4v) is 2.41. The van der Waals surface area contributed by atoms with Crippen molar-refractivity contribution in [2.45, 2.75) is 19.1 Å². The maximum atomic E-state index is 13.0. The van der Waals surface area contributed by atoms with E-state index >= 15 is 0 Å². The number of carboxylic acids is 1. The quantitative estimate of drug-likeness (QED) is 0.853. The number of nitrogens with zero attached hydrogens (tertiary/aromatic N) is 1. The molecule has 25 heavy (non-hydrogen) atoms. The summed E-state index contributed by atoms with van der Waals surface area (Å²) < 4.78 is 44.1. The first-order valence-electron chi connectivity index (χ1n) is 7.21. The molecule has 7 nitrogen and oxygen atoms in total. The lowest BCUT2D eigenvalue weighted by molar-refractivity contribution is -0.147.